The summed E-state index contributed by atoms with van der Waals surface area (Å²) < 4.78 is 28.6. The number of ether oxygens (including phenoxy) is 1. The normalized spacial score (nSPS) is 10.7. The van der Waals surface area contributed by atoms with Crippen LogP contribution in [-0.2, 0) is 11.2 Å². The Kier molecular flexibility index (Phi) is 5.78. The van der Waals surface area contributed by atoms with E-state index in [4.69, 9.17) is 0 Å². The number of carbonyl (C=O) groups is 1. The SMILES string of the molecule is Cc1cc(=O)[nH]c(-c2cccc(NC(=O)Cc3ccc(OC(F)F)cc3)c2)n1. The maximum atomic E-state index is 12.3. The van der Waals surface area contributed by atoms with E-state index in [1.807, 2.05) is 0 Å². The third-order valence-corrected chi connectivity index (χ3v) is 3.80. The van der Waals surface area contributed by atoms with Crippen LogP contribution < -0.4 is 15.6 Å². The molecule has 1 amide bonds. The Balaban J connectivity index is 1.68. The first-order valence-corrected chi connectivity index (χ1v) is 8.41. The minimum Gasteiger partial charge on any atom is -0.435 e. The van der Waals surface area contributed by atoms with Gasteiger partial charge in [0.1, 0.15) is 11.6 Å². The van der Waals surface area contributed by atoms with Crippen LogP contribution in [0.15, 0.2) is 59.4 Å². The van der Waals surface area contributed by atoms with E-state index in [-0.39, 0.29) is 23.6 Å². The van der Waals surface area contributed by atoms with Crippen LogP contribution >= 0.6 is 0 Å². The molecule has 3 aromatic rings. The molecule has 0 bridgehead atoms. The van der Waals surface area contributed by atoms with Gasteiger partial charge in [-0.05, 0) is 36.8 Å². The van der Waals surface area contributed by atoms with Gasteiger partial charge in [-0.15, -0.1) is 0 Å². The molecule has 144 valence electrons. The molecule has 2 N–H and O–H groups in total. The molecule has 0 radical (unpaired) electrons. The largest absolute Gasteiger partial charge is 0.435 e. The topological polar surface area (TPSA) is 84.1 Å². The fourth-order valence-corrected chi connectivity index (χ4v) is 2.64. The van der Waals surface area contributed by atoms with E-state index in [0.717, 1.165) is 0 Å². The van der Waals surface area contributed by atoms with Crippen LogP contribution in [0, 0.1) is 6.92 Å². The molecule has 0 atom stereocenters. The van der Waals surface area contributed by atoms with Crippen molar-refractivity contribution in [1.82, 2.24) is 9.97 Å². The first kappa shape index (κ1) is 19.2. The van der Waals surface area contributed by atoms with Gasteiger partial charge in [0.25, 0.3) is 5.56 Å². The van der Waals surface area contributed by atoms with Crippen molar-refractivity contribution in [2.24, 2.45) is 0 Å². The number of nitrogens with one attached hydrogen (secondary N) is 2. The lowest BCUT2D eigenvalue weighted by atomic mass is 10.1. The van der Waals surface area contributed by atoms with Crippen molar-refractivity contribution in [1.29, 1.82) is 0 Å². The number of anilines is 1. The zero-order valence-electron chi connectivity index (χ0n) is 14.9. The summed E-state index contributed by atoms with van der Waals surface area (Å²) in [6, 6.07) is 14.2. The molecule has 0 spiro atoms. The Morgan fingerprint density at radius 2 is 1.93 bits per heavy atom. The van der Waals surface area contributed by atoms with Crippen LogP contribution in [0.4, 0.5) is 14.5 Å². The summed E-state index contributed by atoms with van der Waals surface area (Å²) in [5.74, 6) is 0.174. The monoisotopic (exact) mass is 385 g/mol. The van der Waals surface area contributed by atoms with Gasteiger partial charge in [-0.2, -0.15) is 8.78 Å². The molecule has 1 aromatic heterocycles. The van der Waals surface area contributed by atoms with Gasteiger partial charge in [0.15, 0.2) is 0 Å². The maximum Gasteiger partial charge on any atom is 0.387 e. The number of alkyl halides is 2. The molecule has 28 heavy (non-hydrogen) atoms. The molecule has 0 fully saturated rings. The second-order valence-corrected chi connectivity index (χ2v) is 6.06. The molecular formula is C20H17F2N3O3. The van der Waals surface area contributed by atoms with E-state index in [0.29, 0.717) is 28.3 Å². The number of rotatable bonds is 6. The number of hydrogen-bond donors (Lipinski definition) is 2. The van der Waals surface area contributed by atoms with Gasteiger partial charge in [-0.25, -0.2) is 4.98 Å². The minimum absolute atomic E-state index is 0.0338. The zero-order valence-corrected chi connectivity index (χ0v) is 14.9. The fourth-order valence-electron chi connectivity index (χ4n) is 2.64. The van der Waals surface area contributed by atoms with E-state index in [2.05, 4.69) is 20.0 Å². The number of aromatic amines is 1. The predicted molar refractivity (Wildman–Crippen MR) is 100 cm³/mol. The highest BCUT2D eigenvalue weighted by Crippen LogP contribution is 2.20. The lowest BCUT2D eigenvalue weighted by Gasteiger charge is -2.09. The van der Waals surface area contributed by atoms with Crippen molar-refractivity contribution in [3.05, 3.63) is 76.2 Å². The summed E-state index contributed by atoms with van der Waals surface area (Å²) in [4.78, 5) is 30.8. The van der Waals surface area contributed by atoms with Gasteiger partial charge in [-0.1, -0.05) is 24.3 Å². The van der Waals surface area contributed by atoms with Crippen molar-refractivity contribution in [3.8, 4) is 17.1 Å². The number of aryl methyl sites for hydroxylation is 1. The summed E-state index contributed by atoms with van der Waals surface area (Å²) in [5.41, 5.74) is 2.19. The molecule has 0 aliphatic carbocycles. The lowest BCUT2D eigenvalue weighted by molar-refractivity contribution is -0.115. The first-order valence-electron chi connectivity index (χ1n) is 8.41. The average molecular weight is 385 g/mol. The van der Waals surface area contributed by atoms with Crippen LogP contribution in [0.1, 0.15) is 11.3 Å². The molecule has 0 saturated carbocycles. The summed E-state index contributed by atoms with van der Waals surface area (Å²) in [6.45, 7) is -1.17. The van der Waals surface area contributed by atoms with Crippen molar-refractivity contribution < 1.29 is 18.3 Å². The number of H-pyrrole nitrogens is 1. The van der Waals surface area contributed by atoms with Gasteiger partial charge in [0.2, 0.25) is 5.91 Å². The summed E-state index contributed by atoms with van der Waals surface area (Å²) >= 11 is 0. The molecule has 3 rings (SSSR count). The van der Waals surface area contributed by atoms with Crippen molar-refractivity contribution in [2.75, 3.05) is 5.32 Å². The van der Waals surface area contributed by atoms with E-state index in [9.17, 15) is 18.4 Å². The highest BCUT2D eigenvalue weighted by atomic mass is 19.3. The van der Waals surface area contributed by atoms with Crippen LogP contribution in [0.5, 0.6) is 5.75 Å². The van der Waals surface area contributed by atoms with E-state index in [1.54, 1.807) is 43.3 Å². The Morgan fingerprint density at radius 1 is 1.18 bits per heavy atom. The van der Waals surface area contributed by atoms with Gasteiger partial charge < -0.3 is 15.0 Å². The minimum atomic E-state index is -2.89. The standard InChI is InChI=1S/C20H17F2N3O3/c1-12-9-17(26)25-19(23-12)14-3-2-4-15(11-14)24-18(27)10-13-5-7-16(8-6-13)28-20(21)22/h2-9,11,20H,10H2,1H3,(H,24,27)(H,23,25,26). The van der Waals surface area contributed by atoms with Gasteiger partial charge in [-0.3, -0.25) is 9.59 Å². The molecular weight excluding hydrogens is 368 g/mol. The van der Waals surface area contributed by atoms with Crippen molar-refractivity contribution in [2.45, 2.75) is 20.0 Å². The predicted octanol–water partition coefficient (Wildman–Crippen LogP) is 3.53. The molecule has 0 aliphatic rings. The lowest BCUT2D eigenvalue weighted by Crippen LogP contribution is -2.14. The Hall–Kier alpha value is -3.55. The average Bonchev–Trinajstić information content (AvgIpc) is 2.62. The van der Waals surface area contributed by atoms with Crippen LogP contribution in [0.3, 0.4) is 0 Å². The number of aromatic nitrogens is 2. The third kappa shape index (κ3) is 5.23. The van der Waals surface area contributed by atoms with Gasteiger partial charge >= 0.3 is 6.61 Å². The highest BCUT2D eigenvalue weighted by Gasteiger charge is 2.08. The maximum absolute atomic E-state index is 12.3. The quantitative estimate of drug-likeness (QED) is 0.680. The number of carbonyl (C=O) groups excluding carboxylic acids is 1. The Morgan fingerprint density at radius 3 is 2.61 bits per heavy atom. The zero-order chi connectivity index (χ0) is 20.1. The number of amides is 1. The molecule has 2 aromatic carbocycles. The smallest absolute Gasteiger partial charge is 0.387 e. The van der Waals surface area contributed by atoms with Crippen LogP contribution in [0.2, 0.25) is 0 Å². The molecule has 0 saturated heterocycles. The highest BCUT2D eigenvalue weighted by molar-refractivity contribution is 5.92. The third-order valence-electron chi connectivity index (χ3n) is 3.80. The molecule has 8 heteroatoms. The van der Waals surface area contributed by atoms with E-state index >= 15 is 0 Å². The van der Waals surface area contributed by atoms with Crippen molar-refractivity contribution >= 4 is 11.6 Å². The van der Waals surface area contributed by atoms with Crippen LogP contribution in [0.25, 0.3) is 11.4 Å². The first-order chi connectivity index (χ1) is 13.4. The van der Waals surface area contributed by atoms with Gasteiger partial charge in [0, 0.05) is 23.0 Å². The molecule has 1 heterocycles. The van der Waals surface area contributed by atoms with E-state index < -0.39 is 6.61 Å². The second-order valence-electron chi connectivity index (χ2n) is 6.06. The second kappa shape index (κ2) is 8.43. The Bertz CT molecular complexity index is 1030. The number of nitrogens with zero attached hydrogens (tertiary/aromatic N) is 1. The summed E-state index contributed by atoms with van der Waals surface area (Å²) in [7, 11) is 0. The van der Waals surface area contributed by atoms with E-state index in [1.165, 1.54) is 18.2 Å². The Labute approximate surface area is 159 Å². The molecule has 6 nitrogen and oxygen atoms in total. The number of halogens is 2. The summed E-state index contributed by atoms with van der Waals surface area (Å²) in [6.07, 6.45) is 0.0682. The number of hydrogen-bond acceptors (Lipinski definition) is 4. The van der Waals surface area contributed by atoms with Gasteiger partial charge in [0.05, 0.1) is 6.42 Å². The van der Waals surface area contributed by atoms with Crippen molar-refractivity contribution in [3.63, 3.8) is 0 Å². The molecule has 0 unspecified atom stereocenters. The summed E-state index contributed by atoms with van der Waals surface area (Å²) in [5, 5.41) is 2.77. The fraction of sp³-hybridized carbons (Fsp3) is 0.150. The van der Waals surface area contributed by atoms with Crippen LogP contribution in [-0.4, -0.2) is 22.5 Å². The molecule has 0 aliphatic heterocycles. The number of benzene rings is 2.